The maximum atomic E-state index is 11.1. The van der Waals surface area contributed by atoms with Gasteiger partial charge in [0.25, 0.3) is 5.56 Å². The number of hydrogen-bond acceptors (Lipinski definition) is 3. The van der Waals surface area contributed by atoms with Gasteiger partial charge in [-0.25, -0.2) is 0 Å². The van der Waals surface area contributed by atoms with Crippen LogP contribution in [-0.2, 0) is 6.54 Å². The number of nitrogens with two attached hydrogens (primary N) is 1. The number of hydrogen-bond donors (Lipinski definition) is 1. The molecule has 62 valence electrons. The van der Waals surface area contributed by atoms with E-state index in [0.29, 0.717) is 18.7 Å². The van der Waals surface area contributed by atoms with Gasteiger partial charge >= 0.3 is 0 Å². The fourth-order valence-electron chi connectivity index (χ4n) is 0.901. The smallest absolute Gasteiger partial charge is 0.251 e. The molecule has 0 saturated heterocycles. The van der Waals surface area contributed by atoms with Crippen LogP contribution in [0.25, 0.3) is 0 Å². The minimum atomic E-state index is -0.181. The largest absolute Gasteiger partial charge is 0.329 e. The van der Waals surface area contributed by atoms with Gasteiger partial charge in [-0.3, -0.25) is 4.79 Å². The summed E-state index contributed by atoms with van der Waals surface area (Å²) >= 11 is 0. The van der Waals surface area contributed by atoms with E-state index in [-0.39, 0.29) is 5.56 Å². The first-order chi connectivity index (χ1) is 5.77. The van der Waals surface area contributed by atoms with Gasteiger partial charge in [-0.05, 0) is 6.07 Å². The van der Waals surface area contributed by atoms with Crippen molar-refractivity contribution in [2.75, 3.05) is 6.54 Å². The highest BCUT2D eigenvalue weighted by Gasteiger charge is 1.95. The minimum Gasteiger partial charge on any atom is -0.329 e. The maximum Gasteiger partial charge on any atom is 0.251 e. The van der Waals surface area contributed by atoms with Gasteiger partial charge in [-0.15, -0.1) is 0 Å². The standard InChI is InChI=1S/C8H9N3O/c9-2-4-11-3-1-7(6-10)5-8(11)12/h1,3,5H,2,4,9H2. The SMILES string of the molecule is N#Cc1ccn(CCN)c(=O)c1. The Hall–Kier alpha value is -1.60. The quantitative estimate of drug-likeness (QED) is 0.649. The fourth-order valence-corrected chi connectivity index (χ4v) is 0.901. The molecule has 1 rings (SSSR count). The molecule has 0 aromatic carbocycles. The molecule has 0 aliphatic carbocycles. The lowest BCUT2D eigenvalue weighted by molar-refractivity contribution is 0.680. The van der Waals surface area contributed by atoms with Gasteiger partial charge in [-0.1, -0.05) is 0 Å². The van der Waals surface area contributed by atoms with Crippen LogP contribution in [0.4, 0.5) is 0 Å². The molecule has 0 saturated carbocycles. The first-order valence-corrected chi connectivity index (χ1v) is 3.58. The molecule has 0 radical (unpaired) electrons. The normalized spacial score (nSPS) is 9.33. The third-order valence-corrected chi connectivity index (χ3v) is 1.50. The molecule has 1 heterocycles. The molecule has 4 nitrogen and oxygen atoms in total. The Kier molecular flexibility index (Phi) is 2.62. The third-order valence-electron chi connectivity index (χ3n) is 1.50. The van der Waals surface area contributed by atoms with E-state index in [2.05, 4.69) is 0 Å². The van der Waals surface area contributed by atoms with E-state index in [9.17, 15) is 4.79 Å². The molecule has 0 spiro atoms. The summed E-state index contributed by atoms with van der Waals surface area (Å²) in [5.41, 5.74) is 5.48. The van der Waals surface area contributed by atoms with Crippen molar-refractivity contribution >= 4 is 0 Å². The summed E-state index contributed by atoms with van der Waals surface area (Å²) in [4.78, 5) is 11.1. The molecule has 0 atom stereocenters. The fraction of sp³-hybridized carbons (Fsp3) is 0.250. The van der Waals surface area contributed by atoms with Crippen LogP contribution in [0.2, 0.25) is 0 Å². The Morgan fingerprint density at radius 3 is 2.92 bits per heavy atom. The lowest BCUT2D eigenvalue weighted by atomic mass is 10.3. The number of nitrogens with zero attached hydrogens (tertiary/aromatic N) is 2. The Morgan fingerprint density at radius 1 is 1.67 bits per heavy atom. The predicted molar refractivity (Wildman–Crippen MR) is 44.5 cm³/mol. The van der Waals surface area contributed by atoms with E-state index in [0.717, 1.165) is 0 Å². The predicted octanol–water partition coefficient (Wildman–Crippen LogP) is -0.321. The highest BCUT2D eigenvalue weighted by molar-refractivity contribution is 5.25. The topological polar surface area (TPSA) is 71.8 Å². The first-order valence-electron chi connectivity index (χ1n) is 3.58. The van der Waals surface area contributed by atoms with Crippen LogP contribution in [0.5, 0.6) is 0 Å². The van der Waals surface area contributed by atoms with Crippen LogP contribution in [0, 0.1) is 11.3 Å². The molecular weight excluding hydrogens is 154 g/mol. The van der Waals surface area contributed by atoms with E-state index >= 15 is 0 Å². The Balaban J connectivity index is 3.06. The van der Waals surface area contributed by atoms with E-state index in [1.165, 1.54) is 10.6 Å². The summed E-state index contributed by atoms with van der Waals surface area (Å²) in [6.45, 7) is 0.913. The average Bonchev–Trinajstić information content (AvgIpc) is 2.09. The van der Waals surface area contributed by atoms with Crippen molar-refractivity contribution in [3.05, 3.63) is 34.2 Å². The van der Waals surface area contributed by atoms with Gasteiger partial charge in [0.05, 0.1) is 11.6 Å². The van der Waals surface area contributed by atoms with Crippen LogP contribution in [-0.4, -0.2) is 11.1 Å². The number of rotatable bonds is 2. The molecule has 1 aromatic heterocycles. The molecule has 0 aliphatic heterocycles. The van der Waals surface area contributed by atoms with Crippen LogP contribution in [0.3, 0.4) is 0 Å². The summed E-state index contributed by atoms with van der Waals surface area (Å²) in [5, 5.41) is 8.46. The van der Waals surface area contributed by atoms with Gasteiger partial charge in [0.2, 0.25) is 0 Å². The second-order valence-electron chi connectivity index (χ2n) is 2.35. The molecule has 0 amide bonds. The number of pyridine rings is 1. The van der Waals surface area contributed by atoms with Crippen molar-refractivity contribution in [3.63, 3.8) is 0 Å². The number of nitriles is 1. The molecule has 0 bridgehead atoms. The molecule has 1 aromatic rings. The van der Waals surface area contributed by atoms with E-state index in [1.807, 2.05) is 6.07 Å². The maximum absolute atomic E-state index is 11.1. The molecule has 2 N–H and O–H groups in total. The molecular formula is C8H9N3O. The van der Waals surface area contributed by atoms with Gasteiger partial charge in [0, 0.05) is 25.4 Å². The second kappa shape index (κ2) is 3.69. The lowest BCUT2D eigenvalue weighted by Crippen LogP contribution is -2.22. The summed E-state index contributed by atoms with van der Waals surface area (Å²) in [6, 6.07) is 4.79. The van der Waals surface area contributed by atoms with E-state index in [1.54, 1.807) is 12.3 Å². The van der Waals surface area contributed by atoms with E-state index in [4.69, 9.17) is 11.0 Å². The van der Waals surface area contributed by atoms with Crippen LogP contribution < -0.4 is 11.3 Å². The Labute approximate surface area is 69.8 Å². The van der Waals surface area contributed by atoms with Gasteiger partial charge in [-0.2, -0.15) is 5.26 Å². The molecule has 0 aliphatic rings. The summed E-state index contributed by atoms with van der Waals surface area (Å²) in [7, 11) is 0. The van der Waals surface area contributed by atoms with Crippen LogP contribution >= 0.6 is 0 Å². The third kappa shape index (κ3) is 1.71. The van der Waals surface area contributed by atoms with Crippen molar-refractivity contribution < 1.29 is 0 Å². The van der Waals surface area contributed by atoms with Crippen molar-refractivity contribution in [2.24, 2.45) is 5.73 Å². The van der Waals surface area contributed by atoms with Crippen molar-refractivity contribution in [1.29, 1.82) is 5.26 Å². The molecule has 4 heteroatoms. The second-order valence-corrected chi connectivity index (χ2v) is 2.35. The van der Waals surface area contributed by atoms with Crippen LogP contribution in [0.1, 0.15) is 5.56 Å². The van der Waals surface area contributed by atoms with Crippen molar-refractivity contribution in [1.82, 2.24) is 4.57 Å². The van der Waals surface area contributed by atoms with Gasteiger partial charge < -0.3 is 10.3 Å². The summed E-state index contributed by atoms with van der Waals surface area (Å²) in [6.07, 6.45) is 1.58. The molecule has 12 heavy (non-hydrogen) atoms. The summed E-state index contributed by atoms with van der Waals surface area (Å²) < 4.78 is 1.47. The zero-order chi connectivity index (χ0) is 8.97. The van der Waals surface area contributed by atoms with Crippen molar-refractivity contribution in [2.45, 2.75) is 6.54 Å². The lowest BCUT2D eigenvalue weighted by Gasteiger charge is -2.01. The highest BCUT2D eigenvalue weighted by atomic mass is 16.1. The van der Waals surface area contributed by atoms with E-state index < -0.39 is 0 Å². The highest BCUT2D eigenvalue weighted by Crippen LogP contribution is 1.90. The molecule has 0 unspecified atom stereocenters. The Morgan fingerprint density at radius 2 is 2.42 bits per heavy atom. The Bertz CT molecular complexity index is 361. The first kappa shape index (κ1) is 8.50. The van der Waals surface area contributed by atoms with Gasteiger partial charge in [0.15, 0.2) is 0 Å². The zero-order valence-electron chi connectivity index (χ0n) is 6.53. The van der Waals surface area contributed by atoms with Crippen molar-refractivity contribution in [3.8, 4) is 6.07 Å². The average molecular weight is 163 g/mol. The van der Waals surface area contributed by atoms with Crippen LogP contribution in [0.15, 0.2) is 23.1 Å². The van der Waals surface area contributed by atoms with Gasteiger partial charge in [0.1, 0.15) is 0 Å². The zero-order valence-corrected chi connectivity index (χ0v) is 6.53. The molecule has 0 fully saturated rings. The summed E-state index contributed by atoms with van der Waals surface area (Å²) in [5.74, 6) is 0. The number of aromatic nitrogens is 1. The monoisotopic (exact) mass is 163 g/mol. The minimum absolute atomic E-state index is 0.181.